The van der Waals surface area contributed by atoms with Crippen LogP contribution in [0.4, 0.5) is 0 Å². The van der Waals surface area contributed by atoms with E-state index in [1.54, 1.807) is 11.8 Å². The van der Waals surface area contributed by atoms with Crippen LogP contribution in [0.25, 0.3) is 0 Å². The number of nitrogens with zero attached hydrogens (tertiary/aromatic N) is 1. The molecule has 1 heterocycles. The molecule has 4 nitrogen and oxygen atoms in total. The van der Waals surface area contributed by atoms with E-state index in [0.29, 0.717) is 5.25 Å². The van der Waals surface area contributed by atoms with Gasteiger partial charge < -0.3 is 10.6 Å². The first-order valence-electron chi connectivity index (χ1n) is 6.11. The normalized spacial score (nSPS) is 21.9. The lowest BCUT2D eigenvalue weighted by Crippen LogP contribution is -2.50. The van der Waals surface area contributed by atoms with Crippen LogP contribution < -0.4 is 10.6 Å². The Morgan fingerprint density at radius 3 is 2.71 bits per heavy atom. The van der Waals surface area contributed by atoms with Gasteiger partial charge >= 0.3 is 0 Å². The molecular formula is C12H23N3OS. The van der Waals surface area contributed by atoms with Gasteiger partial charge in [-0.15, -0.1) is 0 Å². The number of carbonyl (C=O) groups is 1. The Morgan fingerprint density at radius 1 is 1.59 bits per heavy atom. The molecule has 0 saturated carbocycles. The smallest absolute Gasteiger partial charge is 0.242 e. The second kappa shape index (κ2) is 5.76. The number of nitrogens with one attached hydrogen (secondary N) is 2. The second-order valence-electron chi connectivity index (χ2n) is 5.40. The Morgan fingerprint density at radius 2 is 2.24 bits per heavy atom. The Hall–Kier alpha value is -0.710. The maximum atomic E-state index is 11.9. The Bertz CT molecular complexity index is 309. The number of carbonyl (C=O) groups excluding carboxylic acids is 1. The molecule has 0 saturated heterocycles. The van der Waals surface area contributed by atoms with E-state index in [1.807, 2.05) is 27.7 Å². The van der Waals surface area contributed by atoms with Crippen LogP contribution in [0.2, 0.25) is 0 Å². The first-order chi connectivity index (χ1) is 7.81. The summed E-state index contributed by atoms with van der Waals surface area (Å²) in [6.07, 6.45) is 1.11. The standard InChI is InChI=1S/C12H23N3OS/c1-6-9-7-13-11(17-9)14-8(2)10(16)15-12(3,4)5/h8-9H,6-7H2,1-5H3,(H,13,14)(H,15,16). The highest BCUT2D eigenvalue weighted by molar-refractivity contribution is 8.14. The Balaban J connectivity index is 2.40. The first kappa shape index (κ1) is 14.4. The molecule has 1 amide bonds. The maximum Gasteiger partial charge on any atom is 0.242 e. The van der Waals surface area contributed by atoms with Gasteiger partial charge in [-0.1, -0.05) is 18.7 Å². The predicted octanol–water partition coefficient (Wildman–Crippen LogP) is 1.76. The summed E-state index contributed by atoms with van der Waals surface area (Å²) in [5.74, 6) is 0.0146. The van der Waals surface area contributed by atoms with Gasteiger partial charge in [-0.25, -0.2) is 0 Å². The average molecular weight is 257 g/mol. The molecule has 2 atom stereocenters. The molecular weight excluding hydrogens is 234 g/mol. The molecule has 5 heteroatoms. The third-order valence-corrected chi connectivity index (χ3v) is 3.69. The molecule has 2 N–H and O–H groups in total. The molecule has 0 fully saturated rings. The summed E-state index contributed by atoms with van der Waals surface area (Å²) in [6, 6.07) is -0.240. The molecule has 1 aliphatic heterocycles. The zero-order valence-corrected chi connectivity index (χ0v) is 12.1. The van der Waals surface area contributed by atoms with E-state index in [2.05, 4.69) is 22.5 Å². The van der Waals surface area contributed by atoms with Crippen molar-refractivity contribution in [3.8, 4) is 0 Å². The van der Waals surface area contributed by atoms with Crippen LogP contribution in [0.1, 0.15) is 41.0 Å². The van der Waals surface area contributed by atoms with Gasteiger partial charge in [-0.2, -0.15) is 0 Å². The summed E-state index contributed by atoms with van der Waals surface area (Å²) < 4.78 is 0. The molecule has 0 bridgehead atoms. The minimum absolute atomic E-state index is 0.0146. The van der Waals surface area contributed by atoms with Gasteiger partial charge in [0.1, 0.15) is 6.04 Å². The first-order valence-corrected chi connectivity index (χ1v) is 6.99. The SMILES string of the molecule is CCC1CN=C(NC(C)C(=O)NC(C)(C)C)S1. The van der Waals surface area contributed by atoms with Crippen LogP contribution in [-0.4, -0.2) is 34.5 Å². The van der Waals surface area contributed by atoms with Crippen molar-refractivity contribution in [2.75, 3.05) is 6.54 Å². The number of hydrogen-bond donors (Lipinski definition) is 2. The maximum absolute atomic E-state index is 11.9. The molecule has 2 unspecified atom stereocenters. The molecule has 0 spiro atoms. The topological polar surface area (TPSA) is 53.5 Å². The van der Waals surface area contributed by atoms with Crippen molar-refractivity contribution in [2.24, 2.45) is 4.99 Å². The molecule has 0 aromatic heterocycles. The fourth-order valence-electron chi connectivity index (χ4n) is 1.44. The van der Waals surface area contributed by atoms with Crippen LogP contribution in [0, 0.1) is 0 Å². The fraction of sp³-hybridized carbons (Fsp3) is 0.833. The molecule has 0 radical (unpaired) electrons. The summed E-state index contributed by atoms with van der Waals surface area (Å²) >= 11 is 1.73. The molecule has 17 heavy (non-hydrogen) atoms. The van der Waals surface area contributed by atoms with E-state index in [9.17, 15) is 4.79 Å². The van der Waals surface area contributed by atoms with Gasteiger partial charge in [0.2, 0.25) is 5.91 Å². The van der Waals surface area contributed by atoms with E-state index in [1.165, 1.54) is 0 Å². The number of amides is 1. The summed E-state index contributed by atoms with van der Waals surface area (Å²) in [7, 11) is 0. The van der Waals surface area contributed by atoms with Crippen molar-refractivity contribution in [1.82, 2.24) is 10.6 Å². The molecule has 98 valence electrons. The lowest BCUT2D eigenvalue weighted by molar-refractivity contribution is -0.123. The summed E-state index contributed by atoms with van der Waals surface area (Å²) in [5, 5.41) is 7.58. The van der Waals surface area contributed by atoms with Gasteiger partial charge in [0.05, 0.1) is 6.54 Å². The van der Waals surface area contributed by atoms with Crippen molar-refractivity contribution < 1.29 is 4.79 Å². The quantitative estimate of drug-likeness (QED) is 0.810. The predicted molar refractivity (Wildman–Crippen MR) is 74.5 cm³/mol. The van der Waals surface area contributed by atoms with Gasteiger partial charge in [-0.05, 0) is 34.1 Å². The van der Waals surface area contributed by atoms with Crippen LogP contribution in [-0.2, 0) is 4.79 Å². The minimum atomic E-state index is -0.240. The zero-order chi connectivity index (χ0) is 13.1. The van der Waals surface area contributed by atoms with Crippen molar-refractivity contribution in [3.05, 3.63) is 0 Å². The minimum Gasteiger partial charge on any atom is -0.353 e. The summed E-state index contributed by atoms with van der Waals surface area (Å²) in [4.78, 5) is 16.3. The van der Waals surface area contributed by atoms with E-state index in [4.69, 9.17) is 0 Å². The van der Waals surface area contributed by atoms with Gasteiger partial charge in [0.15, 0.2) is 5.17 Å². The van der Waals surface area contributed by atoms with Crippen LogP contribution in [0.5, 0.6) is 0 Å². The largest absolute Gasteiger partial charge is 0.353 e. The molecule has 1 aliphatic rings. The van der Waals surface area contributed by atoms with Crippen molar-refractivity contribution in [1.29, 1.82) is 0 Å². The Labute approximate surface area is 108 Å². The molecule has 0 aromatic rings. The number of aliphatic imine (C=N–C) groups is 1. The third-order valence-electron chi connectivity index (χ3n) is 2.40. The average Bonchev–Trinajstić information content (AvgIpc) is 2.62. The third kappa shape index (κ3) is 4.98. The second-order valence-corrected chi connectivity index (χ2v) is 6.69. The van der Waals surface area contributed by atoms with Crippen LogP contribution in [0.15, 0.2) is 4.99 Å². The lowest BCUT2D eigenvalue weighted by Gasteiger charge is -2.24. The Kier molecular flexibility index (Phi) is 4.86. The van der Waals surface area contributed by atoms with Crippen LogP contribution >= 0.6 is 11.8 Å². The van der Waals surface area contributed by atoms with Crippen molar-refractivity contribution >= 4 is 22.8 Å². The van der Waals surface area contributed by atoms with Crippen molar-refractivity contribution in [3.63, 3.8) is 0 Å². The van der Waals surface area contributed by atoms with Crippen molar-refractivity contribution in [2.45, 2.75) is 57.9 Å². The number of rotatable bonds is 3. The van der Waals surface area contributed by atoms with E-state index >= 15 is 0 Å². The summed E-state index contributed by atoms with van der Waals surface area (Å²) in [6.45, 7) is 10.8. The number of thioether (sulfide) groups is 1. The summed E-state index contributed by atoms with van der Waals surface area (Å²) in [5.41, 5.74) is -0.191. The van der Waals surface area contributed by atoms with Gasteiger partial charge in [0.25, 0.3) is 0 Å². The van der Waals surface area contributed by atoms with Gasteiger partial charge in [0, 0.05) is 10.8 Å². The van der Waals surface area contributed by atoms with E-state index in [-0.39, 0.29) is 17.5 Å². The lowest BCUT2D eigenvalue weighted by atomic mass is 10.1. The highest BCUT2D eigenvalue weighted by atomic mass is 32.2. The molecule has 0 aliphatic carbocycles. The highest BCUT2D eigenvalue weighted by Crippen LogP contribution is 2.22. The number of amidine groups is 1. The molecule has 1 rings (SSSR count). The monoisotopic (exact) mass is 257 g/mol. The number of hydrogen-bond acceptors (Lipinski definition) is 4. The highest BCUT2D eigenvalue weighted by Gasteiger charge is 2.23. The van der Waals surface area contributed by atoms with Gasteiger partial charge in [-0.3, -0.25) is 9.79 Å². The zero-order valence-electron chi connectivity index (χ0n) is 11.3. The van der Waals surface area contributed by atoms with E-state index < -0.39 is 0 Å². The van der Waals surface area contributed by atoms with E-state index in [0.717, 1.165) is 18.1 Å². The molecule has 0 aromatic carbocycles. The van der Waals surface area contributed by atoms with Crippen LogP contribution in [0.3, 0.4) is 0 Å². The fourth-order valence-corrected chi connectivity index (χ4v) is 2.46.